The Morgan fingerprint density at radius 3 is 2.40 bits per heavy atom. The number of halogens is 1. The van der Waals surface area contributed by atoms with E-state index < -0.39 is 5.97 Å². The van der Waals surface area contributed by atoms with Crippen LogP contribution in [-0.2, 0) is 17.8 Å². The second-order valence-corrected chi connectivity index (χ2v) is 6.86. The maximum absolute atomic E-state index is 11.5. The van der Waals surface area contributed by atoms with Crippen LogP contribution in [0.1, 0.15) is 11.1 Å². The van der Waals surface area contributed by atoms with E-state index in [-0.39, 0.29) is 6.42 Å². The van der Waals surface area contributed by atoms with Gasteiger partial charge in [-0.05, 0) is 65.3 Å². The molecule has 128 valence electrons. The van der Waals surface area contributed by atoms with E-state index in [2.05, 4.69) is 17.0 Å². The standard InChI is InChI=1S/C21H20ClNO2/c1-23(2)13-16-11-15-5-3-4-6-18(15)21(19(16)12-20(24)25)14-7-9-17(22)10-8-14/h3-11H,12-13H2,1-2H3,(H,24,25). The van der Waals surface area contributed by atoms with Crippen LogP contribution in [0.5, 0.6) is 0 Å². The molecule has 0 aliphatic heterocycles. The molecule has 3 aromatic carbocycles. The van der Waals surface area contributed by atoms with Gasteiger partial charge in [-0.25, -0.2) is 0 Å². The number of benzene rings is 3. The van der Waals surface area contributed by atoms with Crippen molar-refractivity contribution >= 4 is 28.3 Å². The summed E-state index contributed by atoms with van der Waals surface area (Å²) in [4.78, 5) is 13.6. The summed E-state index contributed by atoms with van der Waals surface area (Å²) < 4.78 is 0. The summed E-state index contributed by atoms with van der Waals surface area (Å²) in [5, 5.41) is 12.3. The van der Waals surface area contributed by atoms with Gasteiger partial charge in [0.2, 0.25) is 0 Å². The predicted octanol–water partition coefficient (Wildman–Crippen LogP) is 4.85. The molecule has 1 N–H and O–H groups in total. The van der Waals surface area contributed by atoms with Gasteiger partial charge in [0.25, 0.3) is 0 Å². The predicted molar refractivity (Wildman–Crippen MR) is 103 cm³/mol. The molecule has 0 atom stereocenters. The molecule has 0 heterocycles. The number of hydrogen-bond acceptors (Lipinski definition) is 2. The third-order valence-electron chi connectivity index (χ3n) is 4.20. The highest BCUT2D eigenvalue weighted by molar-refractivity contribution is 6.30. The van der Waals surface area contributed by atoms with Crippen molar-refractivity contribution in [3.05, 3.63) is 70.7 Å². The quantitative estimate of drug-likeness (QED) is 0.712. The van der Waals surface area contributed by atoms with E-state index in [1.165, 1.54) is 0 Å². The Kier molecular flexibility index (Phi) is 5.07. The number of carboxylic acids is 1. The molecule has 3 aromatic rings. The summed E-state index contributed by atoms with van der Waals surface area (Å²) in [6.07, 6.45) is -0.00797. The van der Waals surface area contributed by atoms with Gasteiger partial charge in [0.15, 0.2) is 0 Å². The first-order chi connectivity index (χ1) is 12.0. The Hall–Kier alpha value is -2.36. The monoisotopic (exact) mass is 353 g/mol. The van der Waals surface area contributed by atoms with Gasteiger partial charge in [0.05, 0.1) is 6.42 Å². The van der Waals surface area contributed by atoms with Gasteiger partial charge in [0, 0.05) is 11.6 Å². The summed E-state index contributed by atoms with van der Waals surface area (Å²) in [6, 6.07) is 17.8. The highest BCUT2D eigenvalue weighted by Crippen LogP contribution is 2.36. The largest absolute Gasteiger partial charge is 0.481 e. The molecular formula is C21H20ClNO2. The minimum absolute atomic E-state index is 0.00797. The average molecular weight is 354 g/mol. The molecule has 0 fully saturated rings. The first-order valence-corrected chi connectivity index (χ1v) is 8.49. The molecular weight excluding hydrogens is 334 g/mol. The summed E-state index contributed by atoms with van der Waals surface area (Å²) in [6.45, 7) is 0.689. The van der Waals surface area contributed by atoms with Gasteiger partial charge in [-0.15, -0.1) is 0 Å². The number of carboxylic acid groups (broad SMARTS) is 1. The van der Waals surface area contributed by atoms with Crippen LogP contribution >= 0.6 is 11.6 Å². The lowest BCUT2D eigenvalue weighted by Gasteiger charge is -2.20. The lowest BCUT2D eigenvalue weighted by Crippen LogP contribution is -2.15. The van der Waals surface area contributed by atoms with Gasteiger partial charge in [-0.1, -0.05) is 48.0 Å². The third-order valence-corrected chi connectivity index (χ3v) is 4.45. The number of rotatable bonds is 5. The zero-order valence-electron chi connectivity index (χ0n) is 14.3. The second kappa shape index (κ2) is 7.26. The van der Waals surface area contributed by atoms with Crippen molar-refractivity contribution in [2.24, 2.45) is 0 Å². The maximum atomic E-state index is 11.5. The number of carbonyl (C=O) groups is 1. The minimum Gasteiger partial charge on any atom is -0.481 e. The van der Waals surface area contributed by atoms with Crippen molar-refractivity contribution in [1.82, 2.24) is 4.90 Å². The Labute approximate surface area is 152 Å². The van der Waals surface area contributed by atoms with Crippen LogP contribution in [0.4, 0.5) is 0 Å². The molecule has 0 spiro atoms. The van der Waals surface area contributed by atoms with Crippen LogP contribution in [0.3, 0.4) is 0 Å². The van der Waals surface area contributed by atoms with Gasteiger partial charge >= 0.3 is 5.97 Å². The van der Waals surface area contributed by atoms with Crippen LogP contribution in [0, 0.1) is 0 Å². The Balaban J connectivity index is 2.35. The fourth-order valence-corrected chi connectivity index (χ4v) is 3.36. The molecule has 0 aliphatic carbocycles. The Bertz CT molecular complexity index is 917. The summed E-state index contributed by atoms with van der Waals surface area (Å²) in [5.74, 6) is -0.828. The van der Waals surface area contributed by atoms with E-state index >= 15 is 0 Å². The Morgan fingerprint density at radius 2 is 1.76 bits per heavy atom. The molecule has 3 rings (SSSR count). The average Bonchev–Trinajstić information content (AvgIpc) is 2.55. The van der Waals surface area contributed by atoms with E-state index in [0.717, 1.165) is 33.0 Å². The van der Waals surface area contributed by atoms with Crippen molar-refractivity contribution < 1.29 is 9.90 Å². The summed E-state index contributed by atoms with van der Waals surface area (Å²) >= 11 is 6.04. The van der Waals surface area contributed by atoms with Crippen molar-refractivity contribution in [3.63, 3.8) is 0 Å². The lowest BCUT2D eigenvalue weighted by atomic mass is 9.88. The normalized spacial score (nSPS) is 11.2. The van der Waals surface area contributed by atoms with E-state index in [9.17, 15) is 9.90 Å². The van der Waals surface area contributed by atoms with Crippen LogP contribution in [0.15, 0.2) is 54.6 Å². The number of aliphatic carboxylic acids is 1. The third kappa shape index (κ3) is 3.84. The summed E-state index contributed by atoms with van der Waals surface area (Å²) in [5.41, 5.74) is 3.87. The van der Waals surface area contributed by atoms with Crippen molar-refractivity contribution in [2.45, 2.75) is 13.0 Å². The molecule has 3 nitrogen and oxygen atoms in total. The zero-order chi connectivity index (χ0) is 18.0. The SMILES string of the molecule is CN(C)Cc1cc2ccccc2c(-c2ccc(Cl)cc2)c1CC(=O)O. The number of hydrogen-bond donors (Lipinski definition) is 1. The molecule has 0 aromatic heterocycles. The molecule has 0 unspecified atom stereocenters. The molecule has 0 saturated carbocycles. The molecule has 4 heteroatoms. The first kappa shape index (κ1) is 17.5. The van der Waals surface area contributed by atoms with Gasteiger partial charge in [0.1, 0.15) is 0 Å². The molecule has 25 heavy (non-hydrogen) atoms. The van der Waals surface area contributed by atoms with E-state index in [0.29, 0.717) is 11.6 Å². The minimum atomic E-state index is -0.828. The van der Waals surface area contributed by atoms with Crippen molar-refractivity contribution in [3.8, 4) is 11.1 Å². The molecule has 0 aliphatic rings. The van der Waals surface area contributed by atoms with Crippen LogP contribution in [0.25, 0.3) is 21.9 Å². The maximum Gasteiger partial charge on any atom is 0.307 e. The molecule has 0 amide bonds. The van der Waals surface area contributed by atoms with Crippen LogP contribution in [0.2, 0.25) is 5.02 Å². The number of nitrogens with zero attached hydrogens (tertiary/aromatic N) is 1. The fraction of sp³-hybridized carbons (Fsp3) is 0.190. The van der Waals surface area contributed by atoms with Crippen molar-refractivity contribution in [2.75, 3.05) is 14.1 Å². The zero-order valence-corrected chi connectivity index (χ0v) is 15.0. The topological polar surface area (TPSA) is 40.5 Å². The summed E-state index contributed by atoms with van der Waals surface area (Å²) in [7, 11) is 3.98. The highest BCUT2D eigenvalue weighted by atomic mass is 35.5. The van der Waals surface area contributed by atoms with Gasteiger partial charge < -0.3 is 10.0 Å². The highest BCUT2D eigenvalue weighted by Gasteiger charge is 2.17. The second-order valence-electron chi connectivity index (χ2n) is 6.43. The fourth-order valence-electron chi connectivity index (χ4n) is 3.23. The number of fused-ring (bicyclic) bond motifs is 1. The van der Waals surface area contributed by atoms with Crippen LogP contribution < -0.4 is 0 Å². The van der Waals surface area contributed by atoms with Crippen LogP contribution in [-0.4, -0.2) is 30.1 Å². The first-order valence-electron chi connectivity index (χ1n) is 8.11. The van der Waals surface area contributed by atoms with E-state index in [4.69, 9.17) is 11.6 Å². The van der Waals surface area contributed by atoms with E-state index in [1.54, 1.807) is 0 Å². The lowest BCUT2D eigenvalue weighted by molar-refractivity contribution is -0.136. The van der Waals surface area contributed by atoms with E-state index in [1.807, 2.05) is 56.6 Å². The van der Waals surface area contributed by atoms with Crippen molar-refractivity contribution in [1.29, 1.82) is 0 Å². The van der Waals surface area contributed by atoms with Gasteiger partial charge in [-0.3, -0.25) is 4.79 Å². The van der Waals surface area contributed by atoms with Gasteiger partial charge in [-0.2, -0.15) is 0 Å². The molecule has 0 bridgehead atoms. The Morgan fingerprint density at radius 1 is 1.08 bits per heavy atom. The smallest absolute Gasteiger partial charge is 0.307 e. The molecule has 0 radical (unpaired) electrons. The molecule has 0 saturated heterocycles.